The first-order valence-electron chi connectivity index (χ1n) is 8.83. The third-order valence-corrected chi connectivity index (χ3v) is 6.17. The highest BCUT2D eigenvalue weighted by molar-refractivity contribution is 7.89. The maximum absolute atomic E-state index is 12.4. The summed E-state index contributed by atoms with van der Waals surface area (Å²) in [6.07, 6.45) is 0. The number of carbonyl (C=O) groups excluding carboxylic acids is 1. The fraction of sp³-hybridized carbons (Fsp3) is 0.350. The van der Waals surface area contributed by atoms with Crippen LogP contribution in [0.2, 0.25) is 0 Å². The predicted octanol–water partition coefficient (Wildman–Crippen LogP) is 1.69. The van der Waals surface area contributed by atoms with Crippen LogP contribution < -0.4 is 10.1 Å². The molecule has 152 valence electrons. The smallest absolute Gasteiger partial charge is 0.242 e. The quantitative estimate of drug-likeness (QED) is 0.687. The van der Waals surface area contributed by atoms with Crippen LogP contribution >= 0.6 is 0 Å². The number of ether oxygens (including phenoxy) is 1. The molecule has 0 aliphatic carbocycles. The Kier molecular flexibility index (Phi) is 7.56. The van der Waals surface area contributed by atoms with Gasteiger partial charge in [-0.05, 0) is 24.7 Å². The molecule has 0 spiro atoms. The molecule has 0 radical (unpaired) electrons. The van der Waals surface area contributed by atoms with E-state index in [1.54, 1.807) is 31.4 Å². The van der Waals surface area contributed by atoms with Crippen LogP contribution in [0.25, 0.3) is 0 Å². The van der Waals surface area contributed by atoms with Crippen LogP contribution in [0.1, 0.15) is 11.1 Å². The summed E-state index contributed by atoms with van der Waals surface area (Å²) in [5.41, 5.74) is 1.54. The van der Waals surface area contributed by atoms with Crippen LogP contribution in [0.3, 0.4) is 0 Å². The number of likely N-dealkylation sites (N-methyl/N-ethyl adjacent to an activating group) is 1. The molecule has 0 heterocycles. The van der Waals surface area contributed by atoms with Gasteiger partial charge in [-0.1, -0.05) is 36.4 Å². The van der Waals surface area contributed by atoms with Crippen LogP contribution in [0.15, 0.2) is 53.4 Å². The number of methoxy groups -OCH3 is 1. The number of hydrogen-bond acceptors (Lipinski definition) is 5. The third-order valence-electron chi connectivity index (χ3n) is 4.25. The molecule has 0 aromatic heterocycles. The number of para-hydroxylation sites is 1. The number of rotatable bonds is 9. The highest BCUT2D eigenvalue weighted by Gasteiger charge is 2.21. The maximum atomic E-state index is 12.4. The fourth-order valence-electron chi connectivity index (χ4n) is 2.77. The van der Waals surface area contributed by atoms with Crippen molar-refractivity contribution in [3.63, 3.8) is 0 Å². The molecule has 0 bridgehead atoms. The van der Waals surface area contributed by atoms with Crippen molar-refractivity contribution in [3.05, 3.63) is 59.7 Å². The molecule has 2 aromatic rings. The number of sulfonamides is 1. The van der Waals surface area contributed by atoms with Gasteiger partial charge in [0.15, 0.2) is 0 Å². The minimum Gasteiger partial charge on any atom is -0.496 e. The van der Waals surface area contributed by atoms with Crippen LogP contribution in [-0.2, 0) is 27.9 Å². The first-order valence-corrected chi connectivity index (χ1v) is 10.3. The van der Waals surface area contributed by atoms with E-state index in [2.05, 4.69) is 5.32 Å². The van der Waals surface area contributed by atoms with Crippen molar-refractivity contribution in [2.45, 2.75) is 18.0 Å². The lowest BCUT2D eigenvalue weighted by Crippen LogP contribution is -2.35. The number of nitrogens with zero attached hydrogens (tertiary/aromatic N) is 2. The van der Waals surface area contributed by atoms with Crippen LogP contribution in [-0.4, -0.2) is 58.3 Å². The number of benzene rings is 2. The molecule has 0 unspecified atom stereocenters. The molecule has 2 aromatic carbocycles. The van der Waals surface area contributed by atoms with E-state index in [0.717, 1.165) is 15.6 Å². The summed E-state index contributed by atoms with van der Waals surface area (Å²) >= 11 is 0. The lowest BCUT2D eigenvalue weighted by molar-refractivity contribution is -0.122. The Hall–Kier alpha value is -2.42. The minimum atomic E-state index is -3.57. The number of carbonyl (C=O) groups is 1. The largest absolute Gasteiger partial charge is 0.496 e. The lowest BCUT2D eigenvalue weighted by atomic mass is 10.2. The van der Waals surface area contributed by atoms with E-state index >= 15 is 0 Å². The van der Waals surface area contributed by atoms with Crippen LogP contribution in [0, 0.1) is 0 Å². The zero-order chi connectivity index (χ0) is 20.7. The molecule has 0 atom stereocenters. The second-order valence-corrected chi connectivity index (χ2v) is 8.78. The zero-order valence-corrected chi connectivity index (χ0v) is 17.5. The van der Waals surface area contributed by atoms with E-state index < -0.39 is 10.0 Å². The SMILES string of the molecule is COc1ccccc1CN(C)CC(=O)NCc1ccccc1S(=O)(=O)N(C)C. The molecule has 7 nitrogen and oxygen atoms in total. The van der Waals surface area contributed by atoms with Gasteiger partial charge >= 0.3 is 0 Å². The summed E-state index contributed by atoms with van der Waals surface area (Å²) in [4.78, 5) is 14.4. The molecular formula is C20H27N3O4S. The average Bonchev–Trinajstić information content (AvgIpc) is 2.66. The Morgan fingerprint density at radius 1 is 1.00 bits per heavy atom. The van der Waals surface area contributed by atoms with Gasteiger partial charge in [0.2, 0.25) is 15.9 Å². The van der Waals surface area contributed by atoms with Gasteiger partial charge in [-0.2, -0.15) is 0 Å². The van der Waals surface area contributed by atoms with E-state index in [1.165, 1.54) is 14.1 Å². The first kappa shape index (κ1) is 21.9. The van der Waals surface area contributed by atoms with Gasteiger partial charge < -0.3 is 10.1 Å². The molecule has 0 fully saturated rings. The molecule has 0 aliphatic heterocycles. The standard InChI is InChI=1S/C20H27N3O4S/c1-22(2)28(25,26)19-12-8-6-9-16(19)13-21-20(24)15-23(3)14-17-10-5-7-11-18(17)27-4/h5-12H,13-15H2,1-4H3,(H,21,24). The normalized spacial score (nSPS) is 11.6. The van der Waals surface area contributed by atoms with Crippen molar-refractivity contribution in [2.24, 2.45) is 0 Å². The topological polar surface area (TPSA) is 79.0 Å². The summed E-state index contributed by atoms with van der Waals surface area (Å²) < 4.78 is 31.4. The molecule has 1 N–H and O–H groups in total. The van der Waals surface area contributed by atoms with Gasteiger partial charge in [-0.3, -0.25) is 9.69 Å². The molecule has 0 saturated carbocycles. The molecule has 8 heteroatoms. The Morgan fingerprint density at radius 3 is 2.25 bits per heavy atom. The summed E-state index contributed by atoms with van der Waals surface area (Å²) in [7, 11) is 2.86. The Labute approximate surface area is 167 Å². The summed E-state index contributed by atoms with van der Waals surface area (Å²) in [5.74, 6) is 0.590. The molecule has 1 amide bonds. The molecule has 0 aliphatic rings. The van der Waals surface area contributed by atoms with Gasteiger partial charge in [0.05, 0.1) is 18.6 Å². The Morgan fingerprint density at radius 2 is 1.61 bits per heavy atom. The van der Waals surface area contributed by atoms with Gasteiger partial charge in [-0.15, -0.1) is 0 Å². The summed E-state index contributed by atoms with van der Waals surface area (Å²) in [5, 5.41) is 2.80. The van der Waals surface area contributed by atoms with Gasteiger partial charge in [0.1, 0.15) is 5.75 Å². The molecule has 28 heavy (non-hydrogen) atoms. The zero-order valence-electron chi connectivity index (χ0n) is 16.7. The van der Waals surface area contributed by atoms with Crippen molar-refractivity contribution in [1.29, 1.82) is 0 Å². The Bertz CT molecular complexity index is 913. The third kappa shape index (κ3) is 5.54. The van der Waals surface area contributed by atoms with Crippen molar-refractivity contribution in [1.82, 2.24) is 14.5 Å². The fourth-order valence-corrected chi connectivity index (χ4v) is 3.89. The van der Waals surface area contributed by atoms with Crippen molar-refractivity contribution in [3.8, 4) is 5.75 Å². The number of hydrogen-bond donors (Lipinski definition) is 1. The lowest BCUT2D eigenvalue weighted by Gasteiger charge is -2.19. The van der Waals surface area contributed by atoms with E-state index in [-0.39, 0.29) is 23.9 Å². The molecular weight excluding hydrogens is 378 g/mol. The number of amides is 1. The number of nitrogens with one attached hydrogen (secondary N) is 1. The van der Waals surface area contributed by atoms with Crippen molar-refractivity contribution < 1.29 is 17.9 Å². The van der Waals surface area contributed by atoms with Crippen molar-refractivity contribution >= 4 is 15.9 Å². The first-order chi connectivity index (χ1) is 13.3. The molecule has 2 rings (SSSR count). The average molecular weight is 406 g/mol. The minimum absolute atomic E-state index is 0.143. The van der Waals surface area contributed by atoms with E-state index in [4.69, 9.17) is 4.74 Å². The highest BCUT2D eigenvalue weighted by Crippen LogP contribution is 2.19. The van der Waals surface area contributed by atoms with Gasteiger partial charge in [0.25, 0.3) is 0 Å². The van der Waals surface area contributed by atoms with Crippen LogP contribution in [0.5, 0.6) is 5.75 Å². The second-order valence-electron chi connectivity index (χ2n) is 6.66. The predicted molar refractivity (Wildman–Crippen MR) is 108 cm³/mol. The monoisotopic (exact) mass is 405 g/mol. The van der Waals surface area contributed by atoms with Crippen molar-refractivity contribution in [2.75, 3.05) is 34.8 Å². The highest BCUT2D eigenvalue weighted by atomic mass is 32.2. The maximum Gasteiger partial charge on any atom is 0.242 e. The van der Waals surface area contributed by atoms with Gasteiger partial charge in [-0.25, -0.2) is 12.7 Å². The van der Waals surface area contributed by atoms with Crippen LogP contribution in [0.4, 0.5) is 0 Å². The van der Waals surface area contributed by atoms with Gasteiger partial charge in [0, 0.05) is 32.7 Å². The summed E-state index contributed by atoms with van der Waals surface area (Å²) in [6, 6.07) is 14.3. The van der Waals surface area contributed by atoms with E-state index in [0.29, 0.717) is 12.1 Å². The van der Waals surface area contributed by atoms with E-state index in [1.807, 2.05) is 36.2 Å². The molecule has 0 saturated heterocycles. The van der Waals surface area contributed by atoms with E-state index in [9.17, 15) is 13.2 Å². The second kappa shape index (κ2) is 9.68. The summed E-state index contributed by atoms with van der Waals surface area (Å²) in [6.45, 7) is 0.883. The Balaban J connectivity index is 1.98.